The van der Waals surface area contributed by atoms with Gasteiger partial charge in [-0.3, -0.25) is 4.68 Å². The molecule has 0 aliphatic carbocycles. The molecule has 0 fully saturated rings. The summed E-state index contributed by atoms with van der Waals surface area (Å²) in [5.41, 5.74) is 4.39. The minimum atomic E-state index is -0.395. The third kappa shape index (κ3) is 3.45. The SMILES string of the molecule is Cc1cccc(CC(O)Cc2c(Br)c(C)nn2C)c1. The van der Waals surface area contributed by atoms with Gasteiger partial charge in [-0.2, -0.15) is 5.10 Å². The standard InChI is InChI=1S/C15H19BrN2O/c1-10-5-4-6-12(7-10)8-13(19)9-14-15(16)11(2)17-18(14)3/h4-7,13,19H,8-9H2,1-3H3. The molecule has 1 atom stereocenters. The van der Waals surface area contributed by atoms with Crippen molar-refractivity contribution in [2.45, 2.75) is 32.8 Å². The summed E-state index contributed by atoms with van der Waals surface area (Å²) in [4.78, 5) is 0. The van der Waals surface area contributed by atoms with Crippen LogP contribution >= 0.6 is 15.9 Å². The van der Waals surface area contributed by atoms with Gasteiger partial charge in [-0.15, -0.1) is 0 Å². The van der Waals surface area contributed by atoms with E-state index in [4.69, 9.17) is 0 Å². The first-order chi connectivity index (χ1) is 8.97. The molecule has 0 aliphatic rings. The zero-order valence-corrected chi connectivity index (χ0v) is 13.1. The molecule has 1 aromatic carbocycles. The predicted octanol–water partition coefficient (Wildman–Crippen LogP) is 2.95. The van der Waals surface area contributed by atoms with Gasteiger partial charge < -0.3 is 5.11 Å². The Morgan fingerprint density at radius 3 is 2.63 bits per heavy atom. The molecule has 4 heteroatoms. The Morgan fingerprint density at radius 2 is 2.05 bits per heavy atom. The summed E-state index contributed by atoms with van der Waals surface area (Å²) in [6.45, 7) is 4.03. The van der Waals surface area contributed by atoms with E-state index in [2.05, 4.69) is 46.2 Å². The summed E-state index contributed by atoms with van der Waals surface area (Å²) >= 11 is 3.53. The van der Waals surface area contributed by atoms with Crippen molar-refractivity contribution in [1.29, 1.82) is 0 Å². The molecule has 0 spiro atoms. The molecule has 0 saturated carbocycles. The Hall–Kier alpha value is -1.13. The Bertz CT molecular complexity index is 578. The van der Waals surface area contributed by atoms with E-state index < -0.39 is 6.10 Å². The topological polar surface area (TPSA) is 38.1 Å². The number of rotatable bonds is 4. The number of hydrogen-bond donors (Lipinski definition) is 1. The fraction of sp³-hybridized carbons (Fsp3) is 0.400. The van der Waals surface area contributed by atoms with Gasteiger partial charge in [0.05, 0.1) is 22.0 Å². The minimum absolute atomic E-state index is 0.395. The van der Waals surface area contributed by atoms with E-state index in [1.165, 1.54) is 11.1 Å². The fourth-order valence-electron chi connectivity index (χ4n) is 2.31. The molecule has 1 N–H and O–H groups in total. The van der Waals surface area contributed by atoms with Crippen molar-refractivity contribution < 1.29 is 5.11 Å². The van der Waals surface area contributed by atoms with Crippen LogP contribution in [0.25, 0.3) is 0 Å². The number of halogens is 1. The number of aliphatic hydroxyl groups excluding tert-OH is 1. The highest BCUT2D eigenvalue weighted by molar-refractivity contribution is 9.10. The molecule has 3 nitrogen and oxygen atoms in total. The monoisotopic (exact) mass is 322 g/mol. The first kappa shape index (κ1) is 14.3. The van der Waals surface area contributed by atoms with Crippen molar-refractivity contribution in [3.8, 4) is 0 Å². The highest BCUT2D eigenvalue weighted by Gasteiger charge is 2.15. The molecular formula is C15H19BrN2O. The van der Waals surface area contributed by atoms with Crippen molar-refractivity contribution in [1.82, 2.24) is 9.78 Å². The molecule has 1 aromatic heterocycles. The second-order valence-corrected chi connectivity index (χ2v) is 5.81. The smallest absolute Gasteiger partial charge is 0.0738 e. The number of aryl methyl sites for hydroxylation is 3. The van der Waals surface area contributed by atoms with Crippen LogP contribution < -0.4 is 0 Å². The fourth-order valence-corrected chi connectivity index (χ4v) is 2.81. The lowest BCUT2D eigenvalue weighted by atomic mass is 10.0. The zero-order chi connectivity index (χ0) is 14.0. The summed E-state index contributed by atoms with van der Waals surface area (Å²) in [7, 11) is 1.91. The second-order valence-electron chi connectivity index (χ2n) is 5.02. The maximum atomic E-state index is 10.2. The summed E-state index contributed by atoms with van der Waals surface area (Å²) < 4.78 is 2.83. The molecule has 0 bridgehead atoms. The highest BCUT2D eigenvalue weighted by Crippen LogP contribution is 2.22. The van der Waals surface area contributed by atoms with Gasteiger partial charge in [0.1, 0.15) is 0 Å². The Kier molecular flexibility index (Phi) is 4.42. The van der Waals surface area contributed by atoms with E-state index in [0.29, 0.717) is 12.8 Å². The van der Waals surface area contributed by atoms with Crippen LogP contribution in [-0.2, 0) is 19.9 Å². The van der Waals surface area contributed by atoms with E-state index in [-0.39, 0.29) is 0 Å². The lowest BCUT2D eigenvalue weighted by Crippen LogP contribution is -2.16. The minimum Gasteiger partial charge on any atom is -0.392 e. The van der Waals surface area contributed by atoms with Gasteiger partial charge >= 0.3 is 0 Å². The van der Waals surface area contributed by atoms with Crippen LogP contribution in [0.1, 0.15) is 22.5 Å². The van der Waals surface area contributed by atoms with Crippen molar-refractivity contribution >= 4 is 15.9 Å². The van der Waals surface area contributed by atoms with Gasteiger partial charge in [-0.05, 0) is 41.8 Å². The number of nitrogens with zero attached hydrogens (tertiary/aromatic N) is 2. The van der Waals surface area contributed by atoms with E-state index in [9.17, 15) is 5.11 Å². The largest absolute Gasteiger partial charge is 0.392 e. The van der Waals surface area contributed by atoms with Crippen molar-refractivity contribution in [3.63, 3.8) is 0 Å². The number of aliphatic hydroxyl groups is 1. The molecular weight excluding hydrogens is 304 g/mol. The van der Waals surface area contributed by atoms with Gasteiger partial charge in [0.2, 0.25) is 0 Å². The van der Waals surface area contributed by atoms with E-state index >= 15 is 0 Å². The number of hydrogen-bond acceptors (Lipinski definition) is 2. The van der Waals surface area contributed by atoms with Crippen molar-refractivity contribution in [2.24, 2.45) is 7.05 Å². The van der Waals surface area contributed by atoms with Crippen LogP contribution in [0.2, 0.25) is 0 Å². The molecule has 0 aliphatic heterocycles. The van der Waals surface area contributed by atoms with Crippen LogP contribution in [0.15, 0.2) is 28.7 Å². The molecule has 2 aromatic rings. The molecule has 0 saturated heterocycles. The predicted molar refractivity (Wildman–Crippen MR) is 80.2 cm³/mol. The first-order valence-corrected chi connectivity index (χ1v) is 7.18. The van der Waals surface area contributed by atoms with Crippen molar-refractivity contribution in [2.75, 3.05) is 0 Å². The summed E-state index contributed by atoms with van der Waals surface area (Å²) in [5, 5.41) is 14.6. The molecule has 2 rings (SSSR count). The maximum Gasteiger partial charge on any atom is 0.0738 e. The highest BCUT2D eigenvalue weighted by atomic mass is 79.9. The first-order valence-electron chi connectivity index (χ1n) is 6.39. The Morgan fingerprint density at radius 1 is 1.32 bits per heavy atom. The van der Waals surface area contributed by atoms with Gasteiger partial charge in [-0.25, -0.2) is 0 Å². The quantitative estimate of drug-likeness (QED) is 0.939. The average Bonchev–Trinajstić information content (AvgIpc) is 2.56. The molecule has 0 amide bonds. The van der Waals surface area contributed by atoms with Crippen LogP contribution in [0.3, 0.4) is 0 Å². The van der Waals surface area contributed by atoms with Crippen LogP contribution in [0.5, 0.6) is 0 Å². The van der Waals surface area contributed by atoms with Crippen LogP contribution in [0, 0.1) is 13.8 Å². The summed E-state index contributed by atoms with van der Waals surface area (Å²) in [6, 6.07) is 8.27. The summed E-state index contributed by atoms with van der Waals surface area (Å²) in [6.07, 6.45) is 0.873. The van der Waals surface area contributed by atoms with Gasteiger partial charge in [0, 0.05) is 13.5 Å². The van der Waals surface area contributed by atoms with Crippen LogP contribution in [0.4, 0.5) is 0 Å². The van der Waals surface area contributed by atoms with Gasteiger partial charge in [0.25, 0.3) is 0 Å². The van der Waals surface area contributed by atoms with Gasteiger partial charge in [0.15, 0.2) is 0 Å². The number of aromatic nitrogens is 2. The van der Waals surface area contributed by atoms with E-state index in [1.54, 1.807) is 0 Å². The maximum absolute atomic E-state index is 10.2. The zero-order valence-electron chi connectivity index (χ0n) is 11.5. The molecule has 102 valence electrons. The summed E-state index contributed by atoms with van der Waals surface area (Å²) in [5.74, 6) is 0. The Balaban J connectivity index is 2.07. The number of benzene rings is 1. The average molecular weight is 323 g/mol. The third-order valence-corrected chi connectivity index (χ3v) is 4.28. The molecule has 0 radical (unpaired) electrons. The second kappa shape index (κ2) is 5.88. The van der Waals surface area contributed by atoms with E-state index in [1.807, 2.05) is 24.7 Å². The third-order valence-electron chi connectivity index (χ3n) is 3.24. The Labute approximate surface area is 122 Å². The van der Waals surface area contributed by atoms with Crippen molar-refractivity contribution in [3.05, 3.63) is 51.3 Å². The normalized spacial score (nSPS) is 12.7. The van der Waals surface area contributed by atoms with E-state index in [0.717, 1.165) is 15.9 Å². The lowest BCUT2D eigenvalue weighted by molar-refractivity contribution is 0.172. The molecule has 1 unspecified atom stereocenters. The van der Waals surface area contributed by atoms with Gasteiger partial charge in [-0.1, -0.05) is 29.8 Å². The lowest BCUT2D eigenvalue weighted by Gasteiger charge is -2.12. The van der Waals surface area contributed by atoms with Crippen LogP contribution in [-0.4, -0.2) is 21.0 Å². The molecule has 19 heavy (non-hydrogen) atoms. The molecule has 1 heterocycles.